The highest BCUT2D eigenvalue weighted by molar-refractivity contribution is 5.90. The number of hydrogen-bond donors (Lipinski definition) is 1. The molecule has 3 heterocycles. The van der Waals surface area contributed by atoms with Gasteiger partial charge < -0.3 is 14.5 Å². The molecule has 1 N–H and O–H groups in total. The van der Waals surface area contributed by atoms with Gasteiger partial charge in [-0.05, 0) is 81.6 Å². The number of aldehydes is 1. The van der Waals surface area contributed by atoms with Crippen molar-refractivity contribution in [2.24, 2.45) is 13.0 Å². The number of aryl methyl sites for hydroxylation is 2. The molecular formula is C24H27N5O. The first-order valence-corrected chi connectivity index (χ1v) is 10.7. The van der Waals surface area contributed by atoms with Crippen LogP contribution in [-0.2, 0) is 20.0 Å². The number of nitrogens with one attached hydrogen (secondary N) is 1. The largest absolute Gasteiger partial charge is 0.326 e. The third-order valence-corrected chi connectivity index (χ3v) is 6.16. The summed E-state index contributed by atoms with van der Waals surface area (Å²) >= 11 is 0. The summed E-state index contributed by atoms with van der Waals surface area (Å²) < 4.78 is 4.49. The van der Waals surface area contributed by atoms with Crippen LogP contribution in [0, 0.1) is 12.8 Å². The van der Waals surface area contributed by atoms with E-state index in [4.69, 9.17) is 9.97 Å². The van der Waals surface area contributed by atoms with Crippen LogP contribution in [-0.4, -0.2) is 39.0 Å². The number of imidazole rings is 1. The number of nitrogens with zero attached hydrogens (tertiary/aromatic N) is 4. The van der Waals surface area contributed by atoms with Gasteiger partial charge in [-0.2, -0.15) is 0 Å². The SMILES string of the molecule is CNCCc1cc2c(cc1C=O)nc(-c1cc3ccc(C)nc3n1CC1CC1)n2C. The molecule has 6 heteroatoms. The molecule has 5 rings (SSSR count). The highest BCUT2D eigenvalue weighted by Gasteiger charge is 2.26. The Labute approximate surface area is 175 Å². The molecule has 0 aliphatic heterocycles. The topological polar surface area (TPSA) is 64.7 Å². The summed E-state index contributed by atoms with van der Waals surface area (Å²) in [6, 6.07) is 10.4. The number of carbonyl (C=O) groups excluding carboxylic acids is 1. The molecule has 0 bridgehead atoms. The van der Waals surface area contributed by atoms with E-state index in [2.05, 4.69) is 45.8 Å². The van der Waals surface area contributed by atoms with Gasteiger partial charge in [0.05, 0.1) is 16.7 Å². The number of pyridine rings is 1. The molecule has 0 amide bonds. The van der Waals surface area contributed by atoms with Crippen molar-refractivity contribution in [2.45, 2.75) is 32.7 Å². The van der Waals surface area contributed by atoms with E-state index in [-0.39, 0.29) is 0 Å². The van der Waals surface area contributed by atoms with Gasteiger partial charge in [0.2, 0.25) is 0 Å². The fraction of sp³-hybridized carbons (Fsp3) is 0.375. The van der Waals surface area contributed by atoms with Crippen molar-refractivity contribution in [3.05, 3.63) is 47.2 Å². The van der Waals surface area contributed by atoms with Crippen LogP contribution in [0.15, 0.2) is 30.3 Å². The van der Waals surface area contributed by atoms with Gasteiger partial charge >= 0.3 is 0 Å². The molecule has 4 aromatic rings. The van der Waals surface area contributed by atoms with Crippen LogP contribution in [0.2, 0.25) is 0 Å². The molecule has 154 valence electrons. The molecule has 0 radical (unpaired) electrons. The van der Waals surface area contributed by atoms with E-state index in [1.165, 1.54) is 12.8 Å². The van der Waals surface area contributed by atoms with E-state index in [1.54, 1.807) is 0 Å². The van der Waals surface area contributed by atoms with Crippen LogP contribution in [0.4, 0.5) is 0 Å². The average Bonchev–Trinajstić information content (AvgIpc) is 3.43. The summed E-state index contributed by atoms with van der Waals surface area (Å²) in [5, 5.41) is 4.31. The predicted octanol–water partition coefficient (Wildman–Crippen LogP) is 3.88. The lowest BCUT2D eigenvalue weighted by Crippen LogP contribution is -2.11. The number of rotatable bonds is 7. The van der Waals surface area contributed by atoms with E-state index in [1.807, 2.05) is 20.0 Å². The van der Waals surface area contributed by atoms with E-state index < -0.39 is 0 Å². The minimum Gasteiger partial charge on any atom is -0.326 e. The smallest absolute Gasteiger partial charge is 0.157 e. The van der Waals surface area contributed by atoms with Gasteiger partial charge in [-0.25, -0.2) is 9.97 Å². The number of likely N-dealkylation sites (N-methyl/N-ethyl adjacent to an activating group) is 1. The van der Waals surface area contributed by atoms with Crippen molar-refractivity contribution >= 4 is 28.4 Å². The second-order valence-electron chi connectivity index (χ2n) is 8.45. The van der Waals surface area contributed by atoms with Gasteiger partial charge in [-0.15, -0.1) is 0 Å². The van der Waals surface area contributed by atoms with Crippen molar-refractivity contribution in [3.63, 3.8) is 0 Å². The van der Waals surface area contributed by atoms with Gasteiger partial charge in [0.1, 0.15) is 11.9 Å². The molecular weight excluding hydrogens is 374 g/mol. The summed E-state index contributed by atoms with van der Waals surface area (Å²) in [4.78, 5) is 21.5. The lowest BCUT2D eigenvalue weighted by Gasteiger charge is -2.10. The first-order valence-electron chi connectivity index (χ1n) is 10.7. The van der Waals surface area contributed by atoms with Gasteiger partial charge in [0.15, 0.2) is 5.82 Å². The summed E-state index contributed by atoms with van der Waals surface area (Å²) in [5.74, 6) is 1.65. The third-order valence-electron chi connectivity index (χ3n) is 6.16. The molecule has 0 saturated heterocycles. The van der Waals surface area contributed by atoms with Crippen molar-refractivity contribution in [1.29, 1.82) is 0 Å². The van der Waals surface area contributed by atoms with E-state index in [9.17, 15) is 4.79 Å². The van der Waals surface area contributed by atoms with Gasteiger partial charge in [-0.1, -0.05) is 0 Å². The van der Waals surface area contributed by atoms with Crippen LogP contribution in [0.3, 0.4) is 0 Å². The minimum absolute atomic E-state index is 0.721. The second-order valence-corrected chi connectivity index (χ2v) is 8.45. The maximum absolute atomic E-state index is 11.7. The first kappa shape index (κ1) is 19.0. The lowest BCUT2D eigenvalue weighted by molar-refractivity contribution is 0.112. The third kappa shape index (κ3) is 3.21. The Kier molecular flexibility index (Phi) is 4.66. The zero-order valence-electron chi connectivity index (χ0n) is 17.8. The Balaban J connectivity index is 1.70. The Bertz CT molecular complexity index is 1260. The summed E-state index contributed by atoms with van der Waals surface area (Å²) in [6.45, 7) is 3.85. The fourth-order valence-corrected chi connectivity index (χ4v) is 4.26. The highest BCUT2D eigenvalue weighted by atomic mass is 16.1. The predicted molar refractivity (Wildman–Crippen MR) is 120 cm³/mol. The molecule has 0 unspecified atom stereocenters. The number of hydrogen-bond acceptors (Lipinski definition) is 4. The zero-order valence-corrected chi connectivity index (χ0v) is 17.8. The van der Waals surface area contributed by atoms with Crippen molar-refractivity contribution in [1.82, 2.24) is 24.4 Å². The van der Waals surface area contributed by atoms with Crippen molar-refractivity contribution in [3.8, 4) is 11.5 Å². The number of aromatic nitrogens is 4. The molecule has 1 aromatic carbocycles. The zero-order chi connectivity index (χ0) is 20.8. The molecule has 1 aliphatic carbocycles. The highest BCUT2D eigenvalue weighted by Crippen LogP contribution is 2.36. The van der Waals surface area contributed by atoms with E-state index in [0.29, 0.717) is 0 Å². The normalized spacial score (nSPS) is 14.1. The molecule has 6 nitrogen and oxygen atoms in total. The van der Waals surface area contributed by atoms with Crippen LogP contribution in [0.25, 0.3) is 33.6 Å². The molecule has 30 heavy (non-hydrogen) atoms. The maximum atomic E-state index is 11.7. The first-order chi connectivity index (χ1) is 14.6. The van der Waals surface area contributed by atoms with E-state index in [0.717, 1.165) is 82.1 Å². The van der Waals surface area contributed by atoms with Gasteiger partial charge in [0.25, 0.3) is 0 Å². The van der Waals surface area contributed by atoms with Crippen LogP contribution < -0.4 is 5.32 Å². The lowest BCUT2D eigenvalue weighted by atomic mass is 10.0. The number of carbonyl (C=O) groups is 1. The summed E-state index contributed by atoms with van der Waals surface area (Å²) in [5.41, 5.74) is 6.84. The van der Waals surface area contributed by atoms with Gasteiger partial charge in [0, 0.05) is 30.2 Å². The molecule has 0 atom stereocenters. The van der Waals surface area contributed by atoms with Gasteiger partial charge in [-0.3, -0.25) is 4.79 Å². The Hall–Kier alpha value is -2.99. The number of benzene rings is 1. The minimum atomic E-state index is 0.721. The van der Waals surface area contributed by atoms with Crippen LogP contribution in [0.1, 0.15) is 34.5 Å². The van der Waals surface area contributed by atoms with Crippen molar-refractivity contribution in [2.75, 3.05) is 13.6 Å². The molecule has 0 spiro atoms. The molecule has 3 aromatic heterocycles. The Morgan fingerprint density at radius 3 is 2.77 bits per heavy atom. The number of fused-ring (bicyclic) bond motifs is 2. The fourth-order valence-electron chi connectivity index (χ4n) is 4.26. The Morgan fingerprint density at radius 2 is 2.03 bits per heavy atom. The van der Waals surface area contributed by atoms with Crippen molar-refractivity contribution < 1.29 is 4.79 Å². The maximum Gasteiger partial charge on any atom is 0.157 e. The standard InChI is InChI=1S/C24H27N5O/c1-15-4-7-18-12-22(29(23(18)26-15)13-16-5-6-16)24-27-20-10-19(14-30)17(8-9-25-2)11-21(20)28(24)3/h4,7,10-12,14,16,25H,5-6,8-9,13H2,1-3H3. The second kappa shape index (κ2) is 7.36. The molecule has 1 aliphatic rings. The monoisotopic (exact) mass is 401 g/mol. The van der Waals surface area contributed by atoms with Crippen LogP contribution >= 0.6 is 0 Å². The van der Waals surface area contributed by atoms with Crippen LogP contribution in [0.5, 0.6) is 0 Å². The summed E-state index contributed by atoms with van der Waals surface area (Å²) in [7, 11) is 3.99. The molecule has 1 fully saturated rings. The average molecular weight is 402 g/mol. The quantitative estimate of drug-likeness (QED) is 0.477. The Morgan fingerprint density at radius 1 is 1.20 bits per heavy atom. The molecule has 1 saturated carbocycles. The summed E-state index contributed by atoms with van der Waals surface area (Å²) in [6.07, 6.45) is 4.32. The van der Waals surface area contributed by atoms with E-state index >= 15 is 0 Å².